The molecule has 1 aromatic carbocycles. The molecule has 2 heterocycles. The Labute approximate surface area is 134 Å². The van der Waals surface area contributed by atoms with Crippen LogP contribution in [-0.2, 0) is 10.6 Å². The van der Waals surface area contributed by atoms with E-state index in [0.717, 1.165) is 42.9 Å². The van der Waals surface area contributed by atoms with Crippen molar-refractivity contribution in [2.45, 2.75) is 36.8 Å². The summed E-state index contributed by atoms with van der Waals surface area (Å²) in [6, 6.07) is 5.73. The maximum atomic E-state index is 6.26. The van der Waals surface area contributed by atoms with Gasteiger partial charge in [0.2, 0.25) is 0 Å². The van der Waals surface area contributed by atoms with E-state index in [0.29, 0.717) is 10.9 Å². The molecule has 2 unspecified atom stereocenters. The molecule has 2 saturated heterocycles. The molecule has 1 aromatic rings. The van der Waals surface area contributed by atoms with Gasteiger partial charge in [-0.1, -0.05) is 23.7 Å². The fourth-order valence-corrected chi connectivity index (χ4v) is 4.73. The van der Waals surface area contributed by atoms with Crippen molar-refractivity contribution in [1.29, 1.82) is 0 Å². The number of rotatable bonds is 3. The predicted molar refractivity (Wildman–Crippen MR) is 85.3 cm³/mol. The Morgan fingerprint density at radius 2 is 2.35 bits per heavy atom. The highest BCUT2D eigenvalue weighted by Gasteiger charge is 2.41. The lowest BCUT2D eigenvalue weighted by atomic mass is 9.91. The Morgan fingerprint density at radius 1 is 1.45 bits per heavy atom. The van der Waals surface area contributed by atoms with E-state index in [1.54, 1.807) is 0 Å². The summed E-state index contributed by atoms with van der Waals surface area (Å²) in [6.45, 7) is 0.770. The van der Waals surface area contributed by atoms with Gasteiger partial charge >= 0.3 is 0 Å². The van der Waals surface area contributed by atoms with Gasteiger partial charge in [0.05, 0.1) is 23.1 Å². The van der Waals surface area contributed by atoms with Gasteiger partial charge in [-0.2, -0.15) is 11.8 Å². The van der Waals surface area contributed by atoms with E-state index < -0.39 is 0 Å². The smallest absolute Gasteiger partial charge is 0.142 e. The summed E-state index contributed by atoms with van der Waals surface area (Å²) in [6.07, 6.45) is 3.17. The predicted octanol–water partition coefficient (Wildman–Crippen LogP) is 4.51. The first-order valence-electron chi connectivity index (χ1n) is 6.94. The zero-order valence-corrected chi connectivity index (χ0v) is 13.6. The molecule has 1 spiro atoms. The van der Waals surface area contributed by atoms with Gasteiger partial charge in [-0.25, -0.2) is 0 Å². The number of ether oxygens (including phenoxy) is 2. The van der Waals surface area contributed by atoms with Crippen molar-refractivity contribution in [2.75, 3.05) is 18.1 Å². The normalized spacial score (nSPS) is 29.8. The zero-order chi connectivity index (χ0) is 14.0. The molecule has 20 heavy (non-hydrogen) atoms. The molecule has 2 fully saturated rings. The molecule has 0 bridgehead atoms. The Kier molecular flexibility index (Phi) is 4.71. The molecule has 0 saturated carbocycles. The summed E-state index contributed by atoms with van der Waals surface area (Å²) in [4.78, 5) is 0. The van der Waals surface area contributed by atoms with Crippen LogP contribution < -0.4 is 4.74 Å². The maximum Gasteiger partial charge on any atom is 0.142 e. The topological polar surface area (TPSA) is 18.5 Å². The van der Waals surface area contributed by atoms with Gasteiger partial charge in [0.25, 0.3) is 0 Å². The van der Waals surface area contributed by atoms with Crippen LogP contribution in [0, 0.1) is 0 Å². The highest BCUT2D eigenvalue weighted by molar-refractivity contribution is 7.99. The summed E-state index contributed by atoms with van der Waals surface area (Å²) >= 11 is 14.2. The molecule has 2 aliphatic heterocycles. The van der Waals surface area contributed by atoms with Gasteiger partial charge in [-0.3, -0.25) is 0 Å². The third-order valence-corrected chi connectivity index (χ3v) is 5.80. The average molecular weight is 333 g/mol. The number of thioether (sulfide) groups is 1. The molecule has 0 N–H and O–H groups in total. The second-order valence-corrected chi connectivity index (χ2v) is 7.21. The fourth-order valence-electron chi connectivity index (χ4n) is 2.90. The molecular weight excluding hydrogens is 315 g/mol. The maximum absolute atomic E-state index is 6.26. The Balaban J connectivity index is 1.74. The Bertz CT molecular complexity index is 475. The second-order valence-electron chi connectivity index (χ2n) is 5.43. The van der Waals surface area contributed by atoms with E-state index in [1.165, 1.54) is 5.75 Å². The van der Waals surface area contributed by atoms with E-state index in [-0.39, 0.29) is 11.7 Å². The van der Waals surface area contributed by atoms with Gasteiger partial charge in [0.15, 0.2) is 0 Å². The van der Waals surface area contributed by atoms with Gasteiger partial charge in [-0.05, 0) is 18.2 Å². The number of hydrogen-bond acceptors (Lipinski definition) is 3. The van der Waals surface area contributed by atoms with Crippen molar-refractivity contribution in [3.8, 4) is 5.75 Å². The number of benzene rings is 1. The number of hydrogen-bond donors (Lipinski definition) is 0. The molecule has 5 heteroatoms. The molecule has 0 amide bonds. The molecule has 3 rings (SSSR count). The minimum atomic E-state index is 0.0238. The van der Waals surface area contributed by atoms with Gasteiger partial charge in [0.1, 0.15) is 11.9 Å². The van der Waals surface area contributed by atoms with Gasteiger partial charge < -0.3 is 9.47 Å². The molecule has 2 aliphatic rings. The van der Waals surface area contributed by atoms with Crippen LogP contribution in [0.4, 0.5) is 0 Å². The van der Waals surface area contributed by atoms with E-state index in [2.05, 4.69) is 0 Å². The van der Waals surface area contributed by atoms with Crippen molar-refractivity contribution in [3.05, 3.63) is 28.8 Å². The highest BCUT2D eigenvalue weighted by atomic mass is 35.5. The van der Waals surface area contributed by atoms with Crippen LogP contribution in [-0.4, -0.2) is 29.8 Å². The number of halogens is 2. The summed E-state index contributed by atoms with van der Waals surface area (Å²) in [5, 5.41) is 0.643. The molecule has 2 nitrogen and oxygen atoms in total. The quantitative estimate of drug-likeness (QED) is 0.758. The minimum absolute atomic E-state index is 0.0238. The largest absolute Gasteiger partial charge is 0.488 e. The zero-order valence-electron chi connectivity index (χ0n) is 11.2. The van der Waals surface area contributed by atoms with Crippen LogP contribution in [0.25, 0.3) is 0 Å². The van der Waals surface area contributed by atoms with Gasteiger partial charge in [-0.15, -0.1) is 11.6 Å². The average Bonchev–Trinajstić information content (AvgIpc) is 2.89. The summed E-state index contributed by atoms with van der Waals surface area (Å²) in [7, 11) is 0. The lowest BCUT2D eigenvalue weighted by molar-refractivity contribution is -0.0959. The first kappa shape index (κ1) is 14.8. The van der Waals surface area contributed by atoms with E-state index >= 15 is 0 Å². The van der Waals surface area contributed by atoms with Crippen LogP contribution in [0.2, 0.25) is 5.02 Å². The van der Waals surface area contributed by atoms with Crippen molar-refractivity contribution in [1.82, 2.24) is 0 Å². The molecule has 0 radical (unpaired) electrons. The van der Waals surface area contributed by atoms with E-state index in [4.69, 9.17) is 32.7 Å². The van der Waals surface area contributed by atoms with Crippen LogP contribution in [0.1, 0.15) is 24.8 Å². The summed E-state index contributed by atoms with van der Waals surface area (Å²) < 4.78 is 12.2. The Hall–Kier alpha value is -0.0900. The second kappa shape index (κ2) is 6.35. The van der Waals surface area contributed by atoms with Crippen molar-refractivity contribution in [3.63, 3.8) is 0 Å². The summed E-state index contributed by atoms with van der Waals surface area (Å²) in [5.74, 6) is 3.43. The first-order valence-corrected chi connectivity index (χ1v) is 9.01. The van der Waals surface area contributed by atoms with Crippen LogP contribution >= 0.6 is 35.0 Å². The molecular formula is C15H18Cl2O2S. The number of para-hydroxylation sites is 1. The molecule has 110 valence electrons. The third-order valence-electron chi connectivity index (χ3n) is 3.99. The first-order chi connectivity index (χ1) is 9.72. The molecule has 0 aliphatic carbocycles. The highest BCUT2D eigenvalue weighted by Crippen LogP contribution is 2.40. The van der Waals surface area contributed by atoms with Crippen LogP contribution in [0.3, 0.4) is 0 Å². The van der Waals surface area contributed by atoms with Crippen LogP contribution in [0.15, 0.2) is 18.2 Å². The monoisotopic (exact) mass is 332 g/mol. The van der Waals surface area contributed by atoms with Crippen molar-refractivity contribution < 1.29 is 9.47 Å². The Morgan fingerprint density at radius 3 is 3.10 bits per heavy atom. The lowest BCUT2D eigenvalue weighted by Gasteiger charge is -2.38. The minimum Gasteiger partial charge on any atom is -0.488 e. The van der Waals surface area contributed by atoms with Crippen molar-refractivity contribution in [2.24, 2.45) is 0 Å². The third kappa shape index (κ3) is 3.06. The fraction of sp³-hybridized carbons (Fsp3) is 0.600. The number of alkyl halides is 1. The van der Waals surface area contributed by atoms with E-state index in [1.807, 2.05) is 30.0 Å². The molecule has 2 atom stereocenters. The standard InChI is InChI=1S/C15H18Cl2O2S/c16-9-11-2-1-3-13(17)14(11)19-12-4-6-18-15(8-12)5-7-20-10-15/h1-3,12H,4-10H2. The SMILES string of the molecule is ClCc1cccc(Cl)c1OC1CCOC2(CCSC2)C1. The summed E-state index contributed by atoms with van der Waals surface area (Å²) in [5.41, 5.74) is 0.983. The van der Waals surface area contributed by atoms with Gasteiger partial charge in [0, 0.05) is 24.2 Å². The van der Waals surface area contributed by atoms with E-state index in [9.17, 15) is 0 Å². The molecule has 0 aromatic heterocycles. The van der Waals surface area contributed by atoms with Crippen molar-refractivity contribution >= 4 is 35.0 Å². The lowest BCUT2D eigenvalue weighted by Crippen LogP contribution is -2.43. The van der Waals surface area contributed by atoms with Crippen LogP contribution in [0.5, 0.6) is 5.75 Å².